The van der Waals surface area contributed by atoms with E-state index in [-0.39, 0.29) is 5.97 Å². The van der Waals surface area contributed by atoms with Gasteiger partial charge in [0, 0.05) is 16.5 Å². The second-order valence-corrected chi connectivity index (χ2v) is 3.32. The molecule has 1 aliphatic carbocycles. The number of methoxy groups -OCH3 is 1. The second-order valence-electron chi connectivity index (χ2n) is 2.47. The molecule has 1 aliphatic rings. The Morgan fingerprint density at radius 3 is 2.73 bits per heavy atom. The lowest BCUT2D eigenvalue weighted by atomic mass is 10.2. The highest BCUT2D eigenvalue weighted by atomic mass is 79.9. The van der Waals surface area contributed by atoms with Crippen LogP contribution in [0.5, 0.6) is 0 Å². The van der Waals surface area contributed by atoms with Crippen LogP contribution in [0.1, 0.15) is 13.3 Å². The molecule has 0 N–H and O–H groups in total. The van der Waals surface area contributed by atoms with Gasteiger partial charge in [-0.1, -0.05) is 21.5 Å². The molecule has 0 spiro atoms. The predicted molar refractivity (Wildman–Crippen MR) is 46.3 cm³/mol. The highest BCUT2D eigenvalue weighted by Crippen LogP contribution is 2.29. The number of halogens is 1. The molecule has 0 bridgehead atoms. The molecule has 1 rings (SSSR count). The minimum Gasteiger partial charge on any atom is -0.466 e. The smallest absolute Gasteiger partial charge is 0.334 e. The summed E-state index contributed by atoms with van der Waals surface area (Å²) >= 11 is 3.34. The summed E-state index contributed by atoms with van der Waals surface area (Å²) in [4.78, 5) is 11.0. The Bertz CT molecular complexity index is 251. The molecule has 0 saturated heterocycles. The molecule has 0 fully saturated rings. The molecular weight excluding hydrogens is 208 g/mol. The first-order valence-electron chi connectivity index (χ1n) is 3.29. The van der Waals surface area contributed by atoms with Crippen molar-refractivity contribution in [3.05, 3.63) is 21.7 Å². The SMILES string of the molecule is COC(=O)C1=CC(Br)=C(C)C1. The van der Waals surface area contributed by atoms with Crippen molar-refractivity contribution in [1.82, 2.24) is 0 Å². The molecule has 2 nitrogen and oxygen atoms in total. The summed E-state index contributed by atoms with van der Waals surface area (Å²) in [5.74, 6) is -0.237. The monoisotopic (exact) mass is 216 g/mol. The summed E-state index contributed by atoms with van der Waals surface area (Å²) in [7, 11) is 1.39. The van der Waals surface area contributed by atoms with Crippen LogP contribution in [0.2, 0.25) is 0 Å². The average molecular weight is 217 g/mol. The lowest BCUT2D eigenvalue weighted by Gasteiger charge is -1.97. The summed E-state index contributed by atoms with van der Waals surface area (Å²) in [5, 5.41) is 0. The zero-order valence-corrected chi connectivity index (χ0v) is 8.06. The number of rotatable bonds is 1. The Morgan fingerprint density at radius 1 is 1.73 bits per heavy atom. The van der Waals surface area contributed by atoms with Gasteiger partial charge in [0.1, 0.15) is 0 Å². The number of esters is 1. The van der Waals surface area contributed by atoms with Gasteiger partial charge in [-0.3, -0.25) is 0 Å². The Hall–Kier alpha value is -0.570. The summed E-state index contributed by atoms with van der Waals surface area (Å²) in [6.07, 6.45) is 2.51. The maximum absolute atomic E-state index is 11.0. The van der Waals surface area contributed by atoms with Crippen LogP contribution in [0.15, 0.2) is 21.7 Å². The van der Waals surface area contributed by atoms with Crippen LogP contribution in [0.3, 0.4) is 0 Å². The van der Waals surface area contributed by atoms with E-state index in [0.29, 0.717) is 6.42 Å². The van der Waals surface area contributed by atoms with E-state index in [2.05, 4.69) is 20.7 Å². The van der Waals surface area contributed by atoms with Gasteiger partial charge in [0.05, 0.1) is 7.11 Å². The predicted octanol–water partition coefficient (Wildman–Crippen LogP) is 2.16. The fraction of sp³-hybridized carbons (Fsp3) is 0.375. The minimum atomic E-state index is -0.237. The molecule has 0 aliphatic heterocycles. The number of hydrogen-bond acceptors (Lipinski definition) is 2. The Kier molecular flexibility index (Phi) is 2.49. The topological polar surface area (TPSA) is 26.3 Å². The fourth-order valence-electron chi connectivity index (χ4n) is 0.960. The van der Waals surface area contributed by atoms with Crippen molar-refractivity contribution >= 4 is 21.9 Å². The van der Waals surface area contributed by atoms with Gasteiger partial charge in [-0.25, -0.2) is 4.79 Å². The standard InChI is InChI=1S/C8H9BrO2/c1-5-3-6(4-7(5)9)8(10)11-2/h4H,3H2,1-2H3. The first-order chi connectivity index (χ1) is 5.15. The highest BCUT2D eigenvalue weighted by molar-refractivity contribution is 9.11. The Labute approximate surface area is 74.1 Å². The van der Waals surface area contributed by atoms with E-state index in [1.54, 1.807) is 6.08 Å². The van der Waals surface area contributed by atoms with Crippen LogP contribution in [-0.2, 0) is 9.53 Å². The van der Waals surface area contributed by atoms with Gasteiger partial charge in [0.2, 0.25) is 0 Å². The molecule has 0 aromatic heterocycles. The van der Waals surface area contributed by atoms with Gasteiger partial charge in [0.25, 0.3) is 0 Å². The third-order valence-electron chi connectivity index (χ3n) is 1.61. The normalized spacial score (nSPS) is 16.8. The minimum absolute atomic E-state index is 0.237. The molecule has 11 heavy (non-hydrogen) atoms. The molecule has 60 valence electrons. The molecule has 0 amide bonds. The third kappa shape index (κ3) is 1.71. The number of carbonyl (C=O) groups excluding carboxylic acids is 1. The van der Waals surface area contributed by atoms with Crippen LogP contribution in [0.25, 0.3) is 0 Å². The van der Waals surface area contributed by atoms with Crippen molar-refractivity contribution < 1.29 is 9.53 Å². The van der Waals surface area contributed by atoms with Crippen LogP contribution in [-0.4, -0.2) is 13.1 Å². The maximum atomic E-state index is 11.0. The lowest BCUT2D eigenvalue weighted by molar-refractivity contribution is -0.136. The number of hydrogen-bond donors (Lipinski definition) is 0. The maximum Gasteiger partial charge on any atom is 0.334 e. The second kappa shape index (κ2) is 3.22. The van der Waals surface area contributed by atoms with Gasteiger partial charge < -0.3 is 4.74 Å². The van der Waals surface area contributed by atoms with Crippen molar-refractivity contribution in [2.45, 2.75) is 13.3 Å². The van der Waals surface area contributed by atoms with E-state index in [1.165, 1.54) is 12.7 Å². The largest absolute Gasteiger partial charge is 0.466 e. The van der Waals surface area contributed by atoms with Gasteiger partial charge in [-0.2, -0.15) is 0 Å². The summed E-state index contributed by atoms with van der Waals surface area (Å²) < 4.78 is 5.57. The summed E-state index contributed by atoms with van der Waals surface area (Å²) in [5.41, 5.74) is 1.89. The van der Waals surface area contributed by atoms with Crippen LogP contribution in [0.4, 0.5) is 0 Å². The van der Waals surface area contributed by atoms with E-state index < -0.39 is 0 Å². The zero-order valence-electron chi connectivity index (χ0n) is 6.48. The van der Waals surface area contributed by atoms with Crippen molar-refractivity contribution in [3.63, 3.8) is 0 Å². The first kappa shape index (κ1) is 8.53. The van der Waals surface area contributed by atoms with E-state index in [4.69, 9.17) is 0 Å². The molecule has 0 aromatic carbocycles. The molecule has 0 radical (unpaired) electrons. The Morgan fingerprint density at radius 2 is 2.36 bits per heavy atom. The third-order valence-corrected chi connectivity index (χ3v) is 2.52. The van der Waals surface area contributed by atoms with E-state index in [1.807, 2.05) is 6.92 Å². The van der Waals surface area contributed by atoms with Crippen molar-refractivity contribution in [2.24, 2.45) is 0 Å². The average Bonchev–Trinajstić information content (AvgIpc) is 2.31. The van der Waals surface area contributed by atoms with Crippen molar-refractivity contribution in [3.8, 4) is 0 Å². The molecule has 0 saturated carbocycles. The van der Waals surface area contributed by atoms with Crippen LogP contribution in [0, 0.1) is 0 Å². The van der Waals surface area contributed by atoms with E-state index in [0.717, 1.165) is 10.1 Å². The van der Waals surface area contributed by atoms with E-state index in [9.17, 15) is 4.79 Å². The van der Waals surface area contributed by atoms with Crippen molar-refractivity contribution in [2.75, 3.05) is 7.11 Å². The number of allylic oxidation sites excluding steroid dienone is 3. The van der Waals surface area contributed by atoms with Crippen LogP contribution < -0.4 is 0 Å². The quantitative estimate of drug-likeness (QED) is 0.629. The molecule has 0 unspecified atom stereocenters. The Balaban J connectivity index is 2.71. The van der Waals surface area contributed by atoms with Gasteiger partial charge in [0.15, 0.2) is 0 Å². The number of carbonyl (C=O) groups is 1. The van der Waals surface area contributed by atoms with Gasteiger partial charge >= 0.3 is 5.97 Å². The molecular formula is C8H9BrO2. The van der Waals surface area contributed by atoms with Gasteiger partial charge in [-0.05, 0) is 13.0 Å². The van der Waals surface area contributed by atoms with Gasteiger partial charge in [-0.15, -0.1) is 0 Å². The molecule has 0 aromatic rings. The summed E-state index contributed by atoms with van der Waals surface area (Å²) in [6, 6.07) is 0. The first-order valence-corrected chi connectivity index (χ1v) is 4.08. The zero-order chi connectivity index (χ0) is 8.43. The fourth-order valence-corrected chi connectivity index (χ4v) is 1.38. The van der Waals surface area contributed by atoms with E-state index >= 15 is 0 Å². The van der Waals surface area contributed by atoms with Crippen molar-refractivity contribution in [1.29, 1.82) is 0 Å². The molecule has 3 heteroatoms. The lowest BCUT2D eigenvalue weighted by Crippen LogP contribution is -2.02. The molecule has 0 heterocycles. The summed E-state index contributed by atoms with van der Waals surface area (Å²) in [6.45, 7) is 1.98. The highest BCUT2D eigenvalue weighted by Gasteiger charge is 2.16. The number of ether oxygens (including phenoxy) is 1. The molecule has 0 atom stereocenters. The van der Waals surface area contributed by atoms with Crippen LogP contribution >= 0.6 is 15.9 Å².